The van der Waals surface area contributed by atoms with Crippen LogP contribution in [-0.2, 0) is 9.53 Å². The van der Waals surface area contributed by atoms with E-state index >= 15 is 0 Å². The van der Waals surface area contributed by atoms with Crippen molar-refractivity contribution >= 4 is 5.97 Å². The summed E-state index contributed by atoms with van der Waals surface area (Å²) in [7, 11) is 0. The minimum absolute atomic E-state index is 0.0224. The van der Waals surface area contributed by atoms with Gasteiger partial charge in [-0.2, -0.15) is 0 Å². The van der Waals surface area contributed by atoms with Gasteiger partial charge >= 0.3 is 0 Å². The van der Waals surface area contributed by atoms with Crippen LogP contribution in [0.2, 0.25) is 0 Å². The lowest BCUT2D eigenvalue weighted by Gasteiger charge is -2.28. The molecular weight excluding hydrogens is 224 g/mol. The van der Waals surface area contributed by atoms with Gasteiger partial charge in [0, 0.05) is 12.5 Å². The molecule has 1 heterocycles. The Morgan fingerprint density at radius 3 is 2.53 bits per heavy atom. The molecule has 0 aromatic heterocycles. The van der Waals surface area contributed by atoms with Gasteiger partial charge in [0.1, 0.15) is 11.5 Å². The van der Waals surface area contributed by atoms with E-state index < -0.39 is 5.97 Å². The lowest BCUT2D eigenvalue weighted by molar-refractivity contribution is -0.134. The first kappa shape index (κ1) is 13.3. The fourth-order valence-electron chi connectivity index (χ4n) is 1.53. The van der Waals surface area contributed by atoms with E-state index in [1.165, 1.54) is 0 Å². The van der Waals surface area contributed by atoms with Crippen LogP contribution in [0.5, 0.6) is 11.5 Å². The molecule has 0 aliphatic carbocycles. The van der Waals surface area contributed by atoms with Gasteiger partial charge in [0.2, 0.25) is 0 Å². The first-order valence-electron chi connectivity index (χ1n) is 5.24. The van der Waals surface area contributed by atoms with Crippen molar-refractivity contribution in [3.8, 4) is 11.5 Å². The maximum Gasteiger partial charge on any atom is 0.300 e. The quantitative estimate of drug-likeness (QED) is 0.727. The summed E-state index contributed by atoms with van der Waals surface area (Å²) in [4.78, 5) is 9.00. The van der Waals surface area contributed by atoms with Crippen LogP contribution in [-0.4, -0.2) is 22.5 Å². The number of hydrogen-bond acceptors (Lipinski definition) is 4. The molecule has 1 aromatic rings. The number of phenols is 1. The summed E-state index contributed by atoms with van der Waals surface area (Å²) >= 11 is 0. The van der Waals surface area contributed by atoms with Crippen LogP contribution in [0, 0.1) is 0 Å². The van der Waals surface area contributed by atoms with E-state index in [4.69, 9.17) is 19.4 Å². The van der Waals surface area contributed by atoms with Crippen LogP contribution in [0.15, 0.2) is 18.2 Å². The molecule has 1 aromatic carbocycles. The van der Waals surface area contributed by atoms with Crippen LogP contribution in [0.25, 0.3) is 0 Å². The van der Waals surface area contributed by atoms with E-state index in [9.17, 15) is 5.11 Å². The zero-order valence-electron chi connectivity index (χ0n) is 10.0. The number of hydrogen-bond donors (Lipinski definition) is 2. The minimum atomic E-state index is -0.833. The fourth-order valence-corrected chi connectivity index (χ4v) is 1.53. The normalized spacial score (nSPS) is 21.6. The molecule has 2 unspecified atom stereocenters. The third-order valence-electron chi connectivity index (χ3n) is 2.12. The predicted octanol–water partition coefficient (Wildman–Crippen LogP) is 2.30. The molecule has 2 atom stereocenters. The molecule has 2 N–H and O–H groups in total. The maximum absolute atomic E-state index is 9.26. The summed E-state index contributed by atoms with van der Waals surface area (Å²) in [6.07, 6.45) is -0.238. The highest BCUT2D eigenvalue weighted by atomic mass is 16.7. The molecule has 5 nitrogen and oxygen atoms in total. The molecule has 0 bridgehead atoms. The summed E-state index contributed by atoms with van der Waals surface area (Å²) in [5.41, 5.74) is 0.901. The summed E-state index contributed by atoms with van der Waals surface area (Å²) in [5.74, 6) is 0.205. The molecule has 0 radical (unpaired) electrons. The first-order valence-corrected chi connectivity index (χ1v) is 5.24. The summed E-state index contributed by atoms with van der Waals surface area (Å²) in [6.45, 7) is 4.88. The lowest BCUT2D eigenvalue weighted by atomic mass is 10.1. The summed E-state index contributed by atoms with van der Waals surface area (Å²) in [6, 6.07) is 5.05. The number of carboxylic acid groups (broad SMARTS) is 1. The number of fused-ring (bicyclic) bond motifs is 1. The highest BCUT2D eigenvalue weighted by Gasteiger charge is 2.22. The van der Waals surface area contributed by atoms with Gasteiger partial charge in [-0.25, -0.2) is 0 Å². The molecule has 0 saturated heterocycles. The first-order chi connectivity index (χ1) is 7.90. The largest absolute Gasteiger partial charge is 0.508 e. The number of phenolic OH excluding ortho intramolecular Hbond substituents is 1. The Kier molecular flexibility index (Phi) is 4.34. The number of aromatic hydroxyl groups is 1. The van der Waals surface area contributed by atoms with Crippen LogP contribution in [0.4, 0.5) is 0 Å². The summed E-state index contributed by atoms with van der Waals surface area (Å²) in [5, 5.41) is 16.7. The third kappa shape index (κ3) is 3.96. The SMILES string of the molecule is CC(=O)O.CC1Oc2ccc(O)cc2C(C)O1. The van der Waals surface area contributed by atoms with E-state index in [1.54, 1.807) is 18.2 Å². The predicted molar refractivity (Wildman–Crippen MR) is 61.0 cm³/mol. The Morgan fingerprint density at radius 2 is 1.94 bits per heavy atom. The Morgan fingerprint density at radius 1 is 1.35 bits per heavy atom. The molecular formula is C12H16O5. The molecule has 0 spiro atoms. The Hall–Kier alpha value is -1.75. The van der Waals surface area contributed by atoms with E-state index in [2.05, 4.69) is 0 Å². The molecule has 1 aliphatic heterocycles. The Bertz CT molecular complexity index is 398. The molecule has 0 saturated carbocycles. The van der Waals surface area contributed by atoms with E-state index in [0.29, 0.717) is 0 Å². The number of benzene rings is 1. The van der Waals surface area contributed by atoms with E-state index in [-0.39, 0.29) is 18.1 Å². The van der Waals surface area contributed by atoms with Gasteiger partial charge in [0.25, 0.3) is 5.97 Å². The van der Waals surface area contributed by atoms with Crippen molar-refractivity contribution in [2.24, 2.45) is 0 Å². The number of ether oxygens (including phenoxy) is 2. The zero-order valence-corrected chi connectivity index (χ0v) is 10.0. The van der Waals surface area contributed by atoms with Crippen LogP contribution >= 0.6 is 0 Å². The minimum Gasteiger partial charge on any atom is -0.508 e. The number of carboxylic acids is 1. The van der Waals surface area contributed by atoms with Crippen molar-refractivity contribution in [2.75, 3.05) is 0 Å². The highest BCUT2D eigenvalue weighted by molar-refractivity contribution is 5.62. The van der Waals surface area contributed by atoms with Crippen LogP contribution in [0.1, 0.15) is 32.4 Å². The number of aliphatic carboxylic acids is 1. The van der Waals surface area contributed by atoms with Crippen molar-refractivity contribution in [1.29, 1.82) is 0 Å². The maximum atomic E-state index is 9.26. The Balaban J connectivity index is 0.000000317. The van der Waals surface area contributed by atoms with Crippen LogP contribution in [0.3, 0.4) is 0 Å². The van der Waals surface area contributed by atoms with Crippen LogP contribution < -0.4 is 4.74 Å². The smallest absolute Gasteiger partial charge is 0.300 e. The van der Waals surface area contributed by atoms with Gasteiger partial charge < -0.3 is 19.7 Å². The second-order valence-electron chi connectivity index (χ2n) is 3.70. The van der Waals surface area contributed by atoms with Gasteiger partial charge in [-0.1, -0.05) is 0 Å². The average molecular weight is 240 g/mol. The highest BCUT2D eigenvalue weighted by Crippen LogP contribution is 2.35. The molecule has 1 aliphatic rings. The van der Waals surface area contributed by atoms with Crippen molar-refractivity contribution in [2.45, 2.75) is 33.2 Å². The topological polar surface area (TPSA) is 76.0 Å². The van der Waals surface area contributed by atoms with Gasteiger partial charge in [-0.3, -0.25) is 4.79 Å². The average Bonchev–Trinajstić information content (AvgIpc) is 2.18. The van der Waals surface area contributed by atoms with Gasteiger partial charge in [0.15, 0.2) is 6.29 Å². The van der Waals surface area contributed by atoms with Crippen molar-refractivity contribution < 1.29 is 24.5 Å². The second kappa shape index (κ2) is 5.54. The number of carbonyl (C=O) groups is 1. The molecule has 2 rings (SSSR count). The molecule has 17 heavy (non-hydrogen) atoms. The monoisotopic (exact) mass is 240 g/mol. The lowest BCUT2D eigenvalue weighted by Crippen LogP contribution is -2.24. The zero-order chi connectivity index (χ0) is 13.0. The number of rotatable bonds is 0. The van der Waals surface area contributed by atoms with Gasteiger partial charge in [-0.15, -0.1) is 0 Å². The molecule has 5 heteroatoms. The van der Waals surface area contributed by atoms with Crippen molar-refractivity contribution in [3.63, 3.8) is 0 Å². The molecule has 0 amide bonds. The fraction of sp³-hybridized carbons (Fsp3) is 0.417. The Labute approximate surface area is 99.6 Å². The van der Waals surface area contributed by atoms with Gasteiger partial charge in [0.05, 0.1) is 6.10 Å². The van der Waals surface area contributed by atoms with E-state index in [1.807, 2.05) is 13.8 Å². The van der Waals surface area contributed by atoms with Gasteiger partial charge in [-0.05, 0) is 32.0 Å². The van der Waals surface area contributed by atoms with E-state index in [0.717, 1.165) is 18.2 Å². The standard InChI is InChI=1S/C10H12O3.C2H4O2/c1-6-9-5-8(11)3-4-10(9)13-7(2)12-6;1-2(3)4/h3-7,11H,1-2H3;1H3,(H,3,4). The van der Waals surface area contributed by atoms with Crippen molar-refractivity contribution in [3.05, 3.63) is 23.8 Å². The molecule has 94 valence electrons. The third-order valence-corrected chi connectivity index (χ3v) is 2.12. The summed E-state index contributed by atoms with van der Waals surface area (Å²) < 4.78 is 10.9. The molecule has 0 fully saturated rings. The van der Waals surface area contributed by atoms with Crippen molar-refractivity contribution in [1.82, 2.24) is 0 Å². The second-order valence-corrected chi connectivity index (χ2v) is 3.70.